The summed E-state index contributed by atoms with van der Waals surface area (Å²) in [7, 11) is 0. The quantitative estimate of drug-likeness (QED) is 0.476. The molecule has 0 aromatic heterocycles. The molecular weight excluding hydrogens is 248 g/mol. The molecule has 0 atom stereocenters. The second-order valence-electron chi connectivity index (χ2n) is 3.89. The van der Waals surface area contributed by atoms with Crippen LogP contribution in [0, 0.1) is 0 Å². The Labute approximate surface area is 110 Å². The van der Waals surface area contributed by atoms with Gasteiger partial charge in [0.15, 0.2) is 5.11 Å². The van der Waals surface area contributed by atoms with E-state index in [0.717, 1.165) is 12.0 Å². The minimum absolute atomic E-state index is 0.0449. The summed E-state index contributed by atoms with van der Waals surface area (Å²) in [4.78, 5) is 23.2. The van der Waals surface area contributed by atoms with Gasteiger partial charge in [-0.15, -0.1) is 0 Å². The minimum atomic E-state index is -0.469. The third-order valence-electron chi connectivity index (χ3n) is 2.64. The standard InChI is InChI=1S/C13H12N2O2S/c1-2-8-3-5-9(6-4-8)7-10-11(16)14-13(18)15-12(10)17/h3-7H,2H2,1H3,(H2,14,15,16,17,18). The monoisotopic (exact) mass is 260 g/mol. The van der Waals surface area contributed by atoms with Gasteiger partial charge in [-0.1, -0.05) is 31.2 Å². The molecule has 2 amide bonds. The van der Waals surface area contributed by atoms with Gasteiger partial charge in [0.25, 0.3) is 11.8 Å². The summed E-state index contributed by atoms with van der Waals surface area (Å²) in [5, 5.41) is 4.83. The first-order chi connectivity index (χ1) is 8.60. The van der Waals surface area contributed by atoms with Crippen molar-refractivity contribution in [2.75, 3.05) is 0 Å². The third-order valence-corrected chi connectivity index (χ3v) is 2.85. The summed E-state index contributed by atoms with van der Waals surface area (Å²) in [6.07, 6.45) is 2.50. The molecule has 2 N–H and O–H groups in total. The lowest BCUT2D eigenvalue weighted by Gasteiger charge is -2.16. The number of benzene rings is 1. The molecule has 92 valence electrons. The second kappa shape index (κ2) is 5.10. The fraction of sp³-hybridized carbons (Fsp3) is 0.154. The zero-order chi connectivity index (χ0) is 13.1. The lowest BCUT2D eigenvalue weighted by atomic mass is 10.1. The summed E-state index contributed by atoms with van der Waals surface area (Å²) in [5.41, 5.74) is 2.07. The summed E-state index contributed by atoms with van der Waals surface area (Å²) in [5.74, 6) is -0.938. The van der Waals surface area contributed by atoms with Crippen LogP contribution >= 0.6 is 12.2 Å². The molecule has 0 spiro atoms. The lowest BCUT2D eigenvalue weighted by molar-refractivity contribution is -0.123. The number of amides is 2. The van der Waals surface area contributed by atoms with E-state index in [1.807, 2.05) is 24.3 Å². The topological polar surface area (TPSA) is 58.2 Å². The van der Waals surface area contributed by atoms with Crippen molar-refractivity contribution in [3.63, 3.8) is 0 Å². The van der Waals surface area contributed by atoms with Crippen molar-refractivity contribution < 1.29 is 9.59 Å². The van der Waals surface area contributed by atoms with Crippen molar-refractivity contribution in [3.05, 3.63) is 41.0 Å². The molecule has 1 aliphatic rings. The number of hydrogen-bond donors (Lipinski definition) is 2. The van der Waals surface area contributed by atoms with Gasteiger partial charge in [0.1, 0.15) is 5.57 Å². The second-order valence-corrected chi connectivity index (χ2v) is 4.30. The van der Waals surface area contributed by atoms with Gasteiger partial charge in [-0.25, -0.2) is 0 Å². The number of rotatable bonds is 2. The van der Waals surface area contributed by atoms with E-state index >= 15 is 0 Å². The van der Waals surface area contributed by atoms with Gasteiger partial charge < -0.3 is 0 Å². The van der Waals surface area contributed by atoms with Crippen molar-refractivity contribution >= 4 is 35.2 Å². The maximum atomic E-state index is 11.6. The zero-order valence-corrected chi connectivity index (χ0v) is 10.6. The largest absolute Gasteiger partial charge is 0.299 e. The predicted octanol–water partition coefficient (Wildman–Crippen LogP) is 1.16. The van der Waals surface area contributed by atoms with E-state index in [-0.39, 0.29) is 10.7 Å². The Hall–Kier alpha value is -2.01. The van der Waals surface area contributed by atoms with E-state index in [0.29, 0.717) is 0 Å². The van der Waals surface area contributed by atoms with E-state index in [4.69, 9.17) is 12.2 Å². The number of carbonyl (C=O) groups excluding carboxylic acids is 2. The van der Waals surface area contributed by atoms with Gasteiger partial charge in [-0.05, 0) is 35.8 Å². The van der Waals surface area contributed by atoms with Gasteiger partial charge in [0.2, 0.25) is 0 Å². The molecule has 1 fully saturated rings. The van der Waals surface area contributed by atoms with Crippen molar-refractivity contribution in [2.45, 2.75) is 13.3 Å². The average molecular weight is 260 g/mol. The molecule has 5 heteroatoms. The molecule has 1 saturated heterocycles. The van der Waals surface area contributed by atoms with E-state index in [2.05, 4.69) is 17.6 Å². The molecule has 2 rings (SSSR count). The highest BCUT2D eigenvalue weighted by Gasteiger charge is 2.25. The Kier molecular flexibility index (Phi) is 3.53. The summed E-state index contributed by atoms with van der Waals surface area (Å²) in [6, 6.07) is 7.68. The van der Waals surface area contributed by atoms with Gasteiger partial charge in [-0.2, -0.15) is 0 Å². The molecular formula is C13H12N2O2S. The van der Waals surface area contributed by atoms with E-state index in [1.54, 1.807) is 6.08 Å². The van der Waals surface area contributed by atoms with Crippen LogP contribution in [0.25, 0.3) is 6.08 Å². The van der Waals surface area contributed by atoms with Crippen LogP contribution in [0.1, 0.15) is 18.1 Å². The molecule has 1 aromatic rings. The summed E-state index contributed by atoms with van der Waals surface area (Å²) in [6.45, 7) is 2.07. The molecule has 0 aliphatic carbocycles. The molecule has 1 aromatic carbocycles. The first kappa shape index (κ1) is 12.4. The first-order valence-corrected chi connectivity index (χ1v) is 5.98. The normalized spacial score (nSPS) is 15.2. The van der Waals surface area contributed by atoms with Crippen LogP contribution in [-0.2, 0) is 16.0 Å². The predicted molar refractivity (Wildman–Crippen MR) is 72.7 cm³/mol. The van der Waals surface area contributed by atoms with E-state index in [9.17, 15) is 9.59 Å². The van der Waals surface area contributed by atoms with Crippen LogP contribution in [0.3, 0.4) is 0 Å². The zero-order valence-electron chi connectivity index (χ0n) is 9.82. The molecule has 1 aliphatic heterocycles. The van der Waals surface area contributed by atoms with Gasteiger partial charge in [0.05, 0.1) is 0 Å². The van der Waals surface area contributed by atoms with E-state index in [1.165, 1.54) is 5.56 Å². The van der Waals surface area contributed by atoms with Crippen LogP contribution in [0.4, 0.5) is 0 Å². The van der Waals surface area contributed by atoms with Gasteiger partial charge in [-0.3, -0.25) is 20.2 Å². The molecule has 0 bridgehead atoms. The molecule has 0 radical (unpaired) electrons. The first-order valence-electron chi connectivity index (χ1n) is 5.57. The molecule has 18 heavy (non-hydrogen) atoms. The maximum Gasteiger partial charge on any atom is 0.263 e. The van der Waals surface area contributed by atoms with Gasteiger partial charge >= 0.3 is 0 Å². The lowest BCUT2D eigenvalue weighted by Crippen LogP contribution is -2.51. The number of thiocarbonyl (C=S) groups is 1. The Morgan fingerprint density at radius 3 is 2.17 bits per heavy atom. The van der Waals surface area contributed by atoms with Crippen LogP contribution < -0.4 is 10.6 Å². The fourth-order valence-corrected chi connectivity index (χ4v) is 1.81. The highest BCUT2D eigenvalue weighted by Crippen LogP contribution is 2.11. The molecule has 4 nitrogen and oxygen atoms in total. The van der Waals surface area contributed by atoms with Crippen LogP contribution in [0.2, 0.25) is 0 Å². The summed E-state index contributed by atoms with van der Waals surface area (Å²) >= 11 is 4.72. The fourth-order valence-electron chi connectivity index (χ4n) is 1.62. The number of aryl methyl sites for hydroxylation is 1. The van der Waals surface area contributed by atoms with Gasteiger partial charge in [0, 0.05) is 0 Å². The number of carbonyl (C=O) groups is 2. The van der Waals surface area contributed by atoms with Crippen molar-refractivity contribution in [1.82, 2.24) is 10.6 Å². The van der Waals surface area contributed by atoms with Crippen LogP contribution in [0.15, 0.2) is 29.8 Å². The Balaban J connectivity index is 2.28. The average Bonchev–Trinajstić information content (AvgIpc) is 2.34. The molecule has 1 heterocycles. The Morgan fingerprint density at radius 1 is 1.11 bits per heavy atom. The van der Waals surface area contributed by atoms with Crippen LogP contribution in [-0.4, -0.2) is 16.9 Å². The molecule has 0 unspecified atom stereocenters. The van der Waals surface area contributed by atoms with Crippen molar-refractivity contribution in [3.8, 4) is 0 Å². The number of hydrogen-bond acceptors (Lipinski definition) is 3. The Morgan fingerprint density at radius 2 is 1.67 bits per heavy atom. The number of nitrogens with one attached hydrogen (secondary N) is 2. The smallest absolute Gasteiger partial charge is 0.263 e. The highest BCUT2D eigenvalue weighted by atomic mass is 32.1. The van der Waals surface area contributed by atoms with Crippen LogP contribution in [0.5, 0.6) is 0 Å². The third kappa shape index (κ3) is 2.62. The maximum absolute atomic E-state index is 11.6. The SMILES string of the molecule is CCc1ccc(C=C2C(=O)NC(=S)NC2=O)cc1. The Bertz CT molecular complexity index is 525. The summed E-state index contributed by atoms with van der Waals surface area (Å²) < 4.78 is 0. The van der Waals surface area contributed by atoms with Crippen molar-refractivity contribution in [2.24, 2.45) is 0 Å². The highest BCUT2D eigenvalue weighted by molar-refractivity contribution is 7.80. The molecule has 0 saturated carbocycles. The minimum Gasteiger partial charge on any atom is -0.299 e. The van der Waals surface area contributed by atoms with Crippen molar-refractivity contribution in [1.29, 1.82) is 0 Å². The van der Waals surface area contributed by atoms with E-state index < -0.39 is 11.8 Å².